The van der Waals surface area contributed by atoms with Crippen LogP contribution in [0.4, 0.5) is 0 Å². The summed E-state index contributed by atoms with van der Waals surface area (Å²) < 4.78 is 3.74. The molecule has 2 N–H and O–H groups in total. The zero-order valence-corrected chi connectivity index (χ0v) is 6.98. The van der Waals surface area contributed by atoms with Crippen LogP contribution in [0.5, 0.6) is 0 Å². The van der Waals surface area contributed by atoms with Crippen molar-refractivity contribution in [2.24, 2.45) is 5.73 Å². The van der Waals surface area contributed by atoms with Crippen LogP contribution in [0.15, 0.2) is 5.38 Å². The van der Waals surface area contributed by atoms with Gasteiger partial charge in [-0.15, -0.1) is 5.10 Å². The Kier molecular flexibility index (Phi) is 2.01. The molecule has 56 valence electrons. The molecule has 1 aromatic rings. The van der Waals surface area contributed by atoms with E-state index < -0.39 is 0 Å². The molecule has 0 amide bonds. The molecule has 0 aromatic carbocycles. The van der Waals surface area contributed by atoms with Crippen LogP contribution in [0, 0.1) is 0 Å². The molecule has 1 rings (SSSR count). The van der Waals surface area contributed by atoms with Gasteiger partial charge in [0.05, 0.1) is 5.69 Å². The average molecular weight is 157 g/mol. The highest BCUT2D eigenvalue weighted by Gasteiger charge is 2.12. The lowest BCUT2D eigenvalue weighted by molar-refractivity contribution is 0.509. The minimum Gasteiger partial charge on any atom is -0.325 e. The smallest absolute Gasteiger partial charge is 0.0773 e. The maximum atomic E-state index is 5.76. The van der Waals surface area contributed by atoms with Gasteiger partial charge in [-0.05, 0) is 25.4 Å². The van der Waals surface area contributed by atoms with E-state index in [0.717, 1.165) is 12.1 Å². The quantitative estimate of drug-likeness (QED) is 0.691. The Hall–Kier alpha value is -0.480. The van der Waals surface area contributed by atoms with Gasteiger partial charge in [0.15, 0.2) is 0 Å². The van der Waals surface area contributed by atoms with Gasteiger partial charge in [0.25, 0.3) is 0 Å². The number of aromatic nitrogens is 2. The lowest BCUT2D eigenvalue weighted by Gasteiger charge is -2.15. The maximum absolute atomic E-state index is 5.76. The van der Waals surface area contributed by atoms with Crippen molar-refractivity contribution in [1.82, 2.24) is 9.59 Å². The van der Waals surface area contributed by atoms with Crippen molar-refractivity contribution in [1.29, 1.82) is 0 Å². The van der Waals surface area contributed by atoms with E-state index in [1.807, 2.05) is 19.2 Å². The zero-order valence-electron chi connectivity index (χ0n) is 6.16. The summed E-state index contributed by atoms with van der Waals surface area (Å²) in [5.74, 6) is 0. The second-order valence-electron chi connectivity index (χ2n) is 3.06. The largest absolute Gasteiger partial charge is 0.325 e. The second-order valence-corrected chi connectivity index (χ2v) is 3.67. The highest BCUT2D eigenvalue weighted by Crippen LogP contribution is 2.07. The summed E-state index contributed by atoms with van der Waals surface area (Å²) in [5, 5.41) is 5.82. The number of hydrogen-bond donors (Lipinski definition) is 1. The number of nitrogens with two attached hydrogens (primary N) is 1. The minimum atomic E-state index is -0.171. The zero-order chi connectivity index (χ0) is 7.61. The molecule has 4 heteroatoms. The molecule has 1 aromatic heterocycles. The second kappa shape index (κ2) is 2.64. The van der Waals surface area contributed by atoms with Crippen LogP contribution in [-0.4, -0.2) is 15.1 Å². The first-order valence-electron chi connectivity index (χ1n) is 3.13. The first-order chi connectivity index (χ1) is 4.58. The molecule has 0 fully saturated rings. The van der Waals surface area contributed by atoms with E-state index in [-0.39, 0.29) is 5.54 Å². The molecular formula is C6H11N3S. The fraction of sp³-hybridized carbons (Fsp3) is 0.667. The van der Waals surface area contributed by atoms with Crippen molar-refractivity contribution >= 4 is 11.5 Å². The van der Waals surface area contributed by atoms with Gasteiger partial charge in [-0.3, -0.25) is 0 Å². The molecular weight excluding hydrogens is 146 g/mol. The van der Waals surface area contributed by atoms with Gasteiger partial charge in [-0.25, -0.2) is 0 Å². The first-order valence-corrected chi connectivity index (χ1v) is 3.96. The Morgan fingerprint density at radius 2 is 2.40 bits per heavy atom. The molecule has 0 aliphatic heterocycles. The van der Waals surface area contributed by atoms with Gasteiger partial charge in [-0.1, -0.05) is 4.49 Å². The third-order valence-corrected chi connectivity index (χ3v) is 1.60. The summed E-state index contributed by atoms with van der Waals surface area (Å²) in [4.78, 5) is 0. The summed E-state index contributed by atoms with van der Waals surface area (Å²) in [7, 11) is 0. The van der Waals surface area contributed by atoms with E-state index in [1.165, 1.54) is 11.5 Å². The standard InChI is InChI=1S/C6H11N3S/c1-6(2,7)3-5-4-10-9-8-5/h4H,3,7H2,1-2H3. The molecule has 0 aliphatic carbocycles. The lowest BCUT2D eigenvalue weighted by atomic mass is 10.0. The van der Waals surface area contributed by atoms with Crippen LogP contribution in [0.1, 0.15) is 19.5 Å². The van der Waals surface area contributed by atoms with Crippen molar-refractivity contribution in [2.75, 3.05) is 0 Å². The molecule has 0 aliphatic rings. The maximum Gasteiger partial charge on any atom is 0.0773 e. The average Bonchev–Trinajstić information content (AvgIpc) is 2.12. The lowest BCUT2D eigenvalue weighted by Crippen LogP contribution is -2.34. The molecule has 1 heterocycles. The number of nitrogens with zero attached hydrogens (tertiary/aromatic N) is 2. The van der Waals surface area contributed by atoms with Crippen LogP contribution in [-0.2, 0) is 6.42 Å². The third-order valence-electron chi connectivity index (χ3n) is 1.04. The Labute approximate surface area is 64.4 Å². The minimum absolute atomic E-state index is 0.171. The van der Waals surface area contributed by atoms with Gasteiger partial charge in [-0.2, -0.15) is 0 Å². The Bertz CT molecular complexity index is 187. The van der Waals surface area contributed by atoms with Gasteiger partial charge < -0.3 is 5.73 Å². The summed E-state index contributed by atoms with van der Waals surface area (Å²) in [6.07, 6.45) is 0.795. The predicted molar refractivity (Wildman–Crippen MR) is 41.9 cm³/mol. The summed E-state index contributed by atoms with van der Waals surface area (Å²) >= 11 is 1.36. The topological polar surface area (TPSA) is 51.8 Å². The van der Waals surface area contributed by atoms with E-state index in [1.54, 1.807) is 0 Å². The highest BCUT2D eigenvalue weighted by atomic mass is 32.1. The van der Waals surface area contributed by atoms with Crippen LogP contribution < -0.4 is 5.73 Å². The van der Waals surface area contributed by atoms with E-state index in [4.69, 9.17) is 5.73 Å². The summed E-state index contributed by atoms with van der Waals surface area (Å²) in [5.41, 5.74) is 6.58. The van der Waals surface area contributed by atoms with Crippen molar-refractivity contribution in [3.63, 3.8) is 0 Å². The normalized spacial score (nSPS) is 11.9. The molecule has 3 nitrogen and oxygen atoms in total. The van der Waals surface area contributed by atoms with E-state index >= 15 is 0 Å². The SMILES string of the molecule is CC(C)(N)Cc1csnn1. The fourth-order valence-corrected chi connectivity index (χ4v) is 1.18. The van der Waals surface area contributed by atoms with Gasteiger partial charge in [0.2, 0.25) is 0 Å². The third kappa shape index (κ3) is 2.41. The van der Waals surface area contributed by atoms with Gasteiger partial charge >= 0.3 is 0 Å². The Morgan fingerprint density at radius 3 is 2.80 bits per heavy atom. The summed E-state index contributed by atoms with van der Waals surface area (Å²) in [6, 6.07) is 0. The number of rotatable bonds is 2. The molecule has 0 saturated heterocycles. The Morgan fingerprint density at radius 1 is 1.70 bits per heavy atom. The first kappa shape index (κ1) is 7.63. The van der Waals surface area contributed by atoms with Gasteiger partial charge in [0, 0.05) is 17.3 Å². The molecule has 0 atom stereocenters. The fourth-order valence-electron chi connectivity index (χ4n) is 0.728. The summed E-state index contributed by atoms with van der Waals surface area (Å²) in [6.45, 7) is 3.96. The predicted octanol–water partition coefficient (Wildman–Crippen LogP) is 0.818. The monoisotopic (exact) mass is 157 g/mol. The van der Waals surface area contributed by atoms with Crippen molar-refractivity contribution in [3.8, 4) is 0 Å². The molecule has 0 spiro atoms. The molecule has 0 unspecified atom stereocenters. The molecule has 0 bridgehead atoms. The van der Waals surface area contributed by atoms with Crippen molar-refractivity contribution in [3.05, 3.63) is 11.1 Å². The van der Waals surface area contributed by atoms with E-state index in [0.29, 0.717) is 0 Å². The number of hydrogen-bond acceptors (Lipinski definition) is 4. The van der Waals surface area contributed by atoms with E-state index in [2.05, 4.69) is 9.59 Å². The van der Waals surface area contributed by atoms with Crippen LogP contribution in [0.2, 0.25) is 0 Å². The van der Waals surface area contributed by atoms with Crippen LogP contribution in [0.3, 0.4) is 0 Å². The molecule has 0 saturated carbocycles. The molecule has 0 radical (unpaired) electrons. The molecule has 10 heavy (non-hydrogen) atoms. The van der Waals surface area contributed by atoms with Crippen LogP contribution in [0.25, 0.3) is 0 Å². The van der Waals surface area contributed by atoms with Crippen molar-refractivity contribution in [2.45, 2.75) is 25.8 Å². The van der Waals surface area contributed by atoms with Crippen molar-refractivity contribution < 1.29 is 0 Å². The van der Waals surface area contributed by atoms with Gasteiger partial charge in [0.1, 0.15) is 0 Å². The van der Waals surface area contributed by atoms with E-state index in [9.17, 15) is 0 Å². The van der Waals surface area contributed by atoms with Crippen LogP contribution >= 0.6 is 11.5 Å². The highest BCUT2D eigenvalue weighted by molar-refractivity contribution is 7.03. The Balaban J connectivity index is 2.57.